The number of nitrogens with zero attached hydrogens (tertiary/aromatic N) is 2. The number of hydrogen-bond acceptors (Lipinski definition) is 6. The molecule has 140 valence electrons. The quantitative estimate of drug-likeness (QED) is 0.619. The van der Waals surface area contributed by atoms with Gasteiger partial charge in [-0.2, -0.15) is 0 Å². The summed E-state index contributed by atoms with van der Waals surface area (Å²) in [5.41, 5.74) is 1.78. The lowest BCUT2D eigenvalue weighted by Gasteiger charge is -2.12. The highest BCUT2D eigenvalue weighted by molar-refractivity contribution is 7.09. The lowest BCUT2D eigenvalue weighted by Crippen LogP contribution is -2.33. The molecule has 1 aliphatic rings. The van der Waals surface area contributed by atoms with Gasteiger partial charge in [0.25, 0.3) is 11.8 Å². The van der Waals surface area contributed by atoms with E-state index in [0.717, 1.165) is 10.6 Å². The molecule has 0 unspecified atom stereocenters. The fourth-order valence-electron chi connectivity index (χ4n) is 2.82. The normalized spacial score (nSPS) is 13.0. The van der Waals surface area contributed by atoms with E-state index in [-0.39, 0.29) is 23.4 Å². The number of halogens is 1. The van der Waals surface area contributed by atoms with Crippen LogP contribution >= 0.6 is 11.3 Å². The molecular weight excluding hydrogens is 383 g/mol. The Morgan fingerprint density at radius 1 is 1.04 bits per heavy atom. The van der Waals surface area contributed by atoms with E-state index in [4.69, 9.17) is 4.84 Å². The second-order valence-corrected chi connectivity index (χ2v) is 7.07. The molecule has 0 fully saturated rings. The van der Waals surface area contributed by atoms with Crippen molar-refractivity contribution < 1.29 is 23.6 Å². The number of fused-ring (bicyclic) bond motifs is 1. The first-order valence-corrected chi connectivity index (χ1v) is 9.25. The number of carbonyl (C=O) groups is 3. The zero-order valence-electron chi connectivity index (χ0n) is 14.4. The second kappa shape index (κ2) is 7.32. The van der Waals surface area contributed by atoms with Gasteiger partial charge >= 0.3 is 5.97 Å². The van der Waals surface area contributed by atoms with E-state index in [1.807, 2.05) is 0 Å². The van der Waals surface area contributed by atoms with Crippen LogP contribution in [0.4, 0.5) is 4.39 Å². The zero-order valence-corrected chi connectivity index (χ0v) is 15.2. The third-order valence-electron chi connectivity index (χ3n) is 4.14. The van der Waals surface area contributed by atoms with Gasteiger partial charge in [-0.1, -0.05) is 29.3 Å². The van der Waals surface area contributed by atoms with Crippen molar-refractivity contribution in [1.82, 2.24) is 10.0 Å². The zero-order chi connectivity index (χ0) is 19.7. The van der Waals surface area contributed by atoms with Gasteiger partial charge in [0.15, 0.2) is 0 Å². The molecule has 0 atom stereocenters. The summed E-state index contributed by atoms with van der Waals surface area (Å²) in [5.74, 6) is -2.39. The van der Waals surface area contributed by atoms with E-state index in [1.165, 1.54) is 35.6 Å². The summed E-state index contributed by atoms with van der Waals surface area (Å²) < 4.78 is 13.0. The van der Waals surface area contributed by atoms with Crippen molar-refractivity contribution >= 4 is 29.1 Å². The largest absolute Gasteiger partial charge is 0.339 e. The molecule has 0 radical (unpaired) electrons. The molecule has 6 nitrogen and oxygen atoms in total. The van der Waals surface area contributed by atoms with Crippen LogP contribution in [0.15, 0.2) is 53.9 Å². The monoisotopic (exact) mass is 396 g/mol. The molecule has 8 heteroatoms. The summed E-state index contributed by atoms with van der Waals surface area (Å²) in [6, 6.07) is 12.4. The van der Waals surface area contributed by atoms with E-state index in [1.54, 1.807) is 29.6 Å². The van der Waals surface area contributed by atoms with Crippen LogP contribution in [0.5, 0.6) is 0 Å². The van der Waals surface area contributed by atoms with Crippen LogP contribution in [-0.2, 0) is 22.5 Å². The molecule has 0 bridgehead atoms. The van der Waals surface area contributed by atoms with Crippen molar-refractivity contribution in [1.29, 1.82) is 0 Å². The van der Waals surface area contributed by atoms with Crippen LogP contribution in [0.2, 0.25) is 0 Å². The Bertz CT molecular complexity index is 1040. The Balaban J connectivity index is 1.38. The lowest BCUT2D eigenvalue weighted by molar-refractivity contribution is -0.167. The van der Waals surface area contributed by atoms with E-state index < -0.39 is 17.8 Å². The maximum Gasteiger partial charge on any atom is 0.339 e. The second-order valence-electron chi connectivity index (χ2n) is 6.13. The summed E-state index contributed by atoms with van der Waals surface area (Å²) in [4.78, 5) is 45.9. The lowest BCUT2D eigenvalue weighted by atomic mass is 10.1. The standard InChI is InChI=1S/C20H13FN2O4S/c21-13-7-5-12(6-8-13)9-17-22-14(11-28-17)10-18(24)27-23-19(25)15-3-1-2-4-16(15)20(23)26/h1-8,11H,9-10H2. The summed E-state index contributed by atoms with van der Waals surface area (Å²) in [5, 5.41) is 2.96. The molecule has 2 aromatic carbocycles. The van der Waals surface area contributed by atoms with E-state index >= 15 is 0 Å². The van der Waals surface area contributed by atoms with Gasteiger partial charge in [0, 0.05) is 11.8 Å². The van der Waals surface area contributed by atoms with Crippen molar-refractivity contribution in [3.8, 4) is 0 Å². The van der Waals surface area contributed by atoms with Gasteiger partial charge in [-0.05, 0) is 29.8 Å². The molecule has 0 N–H and O–H groups in total. The minimum Gasteiger partial charge on any atom is -0.329 e. The summed E-state index contributed by atoms with van der Waals surface area (Å²) >= 11 is 1.36. The van der Waals surface area contributed by atoms with Gasteiger partial charge in [-0.25, -0.2) is 14.2 Å². The van der Waals surface area contributed by atoms with Crippen molar-refractivity contribution in [3.63, 3.8) is 0 Å². The molecule has 2 heterocycles. The minimum atomic E-state index is -0.756. The molecule has 1 aliphatic heterocycles. The van der Waals surface area contributed by atoms with Gasteiger partial charge in [-0.15, -0.1) is 11.3 Å². The number of imide groups is 1. The fourth-order valence-corrected chi connectivity index (χ4v) is 3.65. The number of carbonyl (C=O) groups excluding carboxylic acids is 3. The van der Waals surface area contributed by atoms with E-state index in [0.29, 0.717) is 17.2 Å². The maximum absolute atomic E-state index is 13.0. The van der Waals surface area contributed by atoms with Crippen molar-refractivity contribution in [2.75, 3.05) is 0 Å². The third kappa shape index (κ3) is 3.54. The highest BCUT2D eigenvalue weighted by Gasteiger charge is 2.38. The number of rotatable bonds is 5. The van der Waals surface area contributed by atoms with Gasteiger partial charge in [0.05, 0.1) is 28.2 Å². The molecule has 0 aliphatic carbocycles. The smallest absolute Gasteiger partial charge is 0.329 e. The van der Waals surface area contributed by atoms with Gasteiger partial charge in [0.1, 0.15) is 5.82 Å². The predicted molar refractivity (Wildman–Crippen MR) is 98.1 cm³/mol. The molecule has 28 heavy (non-hydrogen) atoms. The topological polar surface area (TPSA) is 76.6 Å². The van der Waals surface area contributed by atoms with Gasteiger partial charge in [-0.3, -0.25) is 9.59 Å². The molecule has 3 aromatic rings. The minimum absolute atomic E-state index is 0.173. The van der Waals surface area contributed by atoms with Crippen molar-refractivity contribution in [3.05, 3.63) is 87.1 Å². The first kappa shape index (κ1) is 18.0. The third-order valence-corrected chi connectivity index (χ3v) is 5.04. The van der Waals surface area contributed by atoms with Crippen LogP contribution in [-0.4, -0.2) is 27.8 Å². The molecule has 0 saturated heterocycles. The number of thiazole rings is 1. The SMILES string of the molecule is O=C(Cc1csc(Cc2ccc(F)cc2)n1)ON1C(=O)c2ccccc2C1=O. The first-order valence-electron chi connectivity index (χ1n) is 8.37. The Kier molecular flexibility index (Phi) is 4.70. The summed E-state index contributed by atoms with van der Waals surface area (Å²) in [6.45, 7) is 0. The number of benzene rings is 2. The fraction of sp³-hybridized carbons (Fsp3) is 0.100. The average Bonchev–Trinajstić information content (AvgIpc) is 3.22. The van der Waals surface area contributed by atoms with Crippen LogP contribution in [0, 0.1) is 5.82 Å². The molecular formula is C20H13FN2O4S. The molecule has 1 aromatic heterocycles. The number of hydroxylamine groups is 2. The number of aromatic nitrogens is 1. The Labute approximate surface area is 163 Å². The summed E-state index contributed by atoms with van der Waals surface area (Å²) in [7, 11) is 0. The average molecular weight is 396 g/mol. The first-order chi connectivity index (χ1) is 13.5. The van der Waals surface area contributed by atoms with Crippen LogP contribution in [0.3, 0.4) is 0 Å². The highest BCUT2D eigenvalue weighted by atomic mass is 32.1. The van der Waals surface area contributed by atoms with Crippen molar-refractivity contribution in [2.45, 2.75) is 12.8 Å². The highest BCUT2D eigenvalue weighted by Crippen LogP contribution is 2.23. The molecule has 0 saturated carbocycles. The van der Waals surface area contributed by atoms with E-state index in [9.17, 15) is 18.8 Å². The van der Waals surface area contributed by atoms with Crippen LogP contribution in [0.1, 0.15) is 37.0 Å². The Morgan fingerprint density at radius 3 is 2.32 bits per heavy atom. The maximum atomic E-state index is 13.0. The summed E-state index contributed by atoms with van der Waals surface area (Å²) in [6.07, 6.45) is 0.339. The van der Waals surface area contributed by atoms with E-state index in [2.05, 4.69) is 4.98 Å². The predicted octanol–water partition coefficient (Wildman–Crippen LogP) is 3.17. The molecule has 2 amide bonds. The van der Waals surface area contributed by atoms with Crippen molar-refractivity contribution in [2.24, 2.45) is 0 Å². The molecule has 0 spiro atoms. The Hall–Kier alpha value is -3.39. The van der Waals surface area contributed by atoms with Crippen LogP contribution in [0.25, 0.3) is 0 Å². The van der Waals surface area contributed by atoms with Gasteiger partial charge in [0.2, 0.25) is 0 Å². The van der Waals surface area contributed by atoms with Crippen LogP contribution < -0.4 is 0 Å². The number of hydrogen-bond donors (Lipinski definition) is 0. The Morgan fingerprint density at radius 2 is 1.68 bits per heavy atom. The van der Waals surface area contributed by atoms with Gasteiger partial charge < -0.3 is 4.84 Å². The number of amides is 2. The molecule has 4 rings (SSSR count).